The van der Waals surface area contributed by atoms with Crippen LogP contribution in [0.4, 0.5) is 0 Å². The summed E-state index contributed by atoms with van der Waals surface area (Å²) in [5.41, 5.74) is 0.781. The number of ether oxygens (including phenoxy) is 2. The maximum atomic E-state index is 12.6. The first-order chi connectivity index (χ1) is 15.0. The van der Waals surface area contributed by atoms with Crippen molar-refractivity contribution in [2.45, 2.75) is 53.1 Å². The van der Waals surface area contributed by atoms with Gasteiger partial charge >= 0.3 is 0 Å². The summed E-state index contributed by atoms with van der Waals surface area (Å²) < 4.78 is 11.4. The van der Waals surface area contributed by atoms with Crippen molar-refractivity contribution in [1.82, 2.24) is 10.2 Å². The van der Waals surface area contributed by atoms with Gasteiger partial charge in [0.15, 0.2) is 5.78 Å². The summed E-state index contributed by atoms with van der Waals surface area (Å²) in [4.78, 5) is 26.4. The van der Waals surface area contributed by atoms with E-state index in [-0.39, 0.29) is 22.9 Å². The quantitative estimate of drug-likeness (QED) is 0.0822. The highest BCUT2D eigenvalue weighted by molar-refractivity contribution is 6.22. The maximum absolute atomic E-state index is 12.6. The molecule has 1 heterocycles. The van der Waals surface area contributed by atoms with E-state index in [1.165, 1.54) is 6.08 Å². The molecule has 0 saturated heterocycles. The predicted molar refractivity (Wildman–Crippen MR) is 130 cm³/mol. The third kappa shape index (κ3) is 11.3. The van der Waals surface area contributed by atoms with Gasteiger partial charge in [-0.3, -0.25) is 14.9 Å². The monoisotopic (exact) mass is 444 g/mol. The predicted octanol–water partition coefficient (Wildman–Crippen LogP) is 4.32. The lowest BCUT2D eigenvalue weighted by Crippen LogP contribution is -2.32. The molecule has 0 atom stereocenters. The lowest BCUT2D eigenvalue weighted by atomic mass is 10.1. The number of nitrogens with one attached hydrogen (secondary N) is 1. The van der Waals surface area contributed by atoms with E-state index in [0.717, 1.165) is 25.0 Å². The molecule has 178 valence electrons. The summed E-state index contributed by atoms with van der Waals surface area (Å²) in [6.45, 7) is 20.4. The van der Waals surface area contributed by atoms with Crippen LogP contribution in [-0.4, -0.2) is 55.2 Å². The zero-order valence-corrected chi connectivity index (χ0v) is 20.4. The Morgan fingerprint density at radius 3 is 2.66 bits per heavy atom. The van der Waals surface area contributed by atoms with Crippen LogP contribution in [0.5, 0.6) is 0 Å². The van der Waals surface area contributed by atoms with Gasteiger partial charge in [-0.2, -0.15) is 0 Å². The molecule has 0 spiro atoms. The largest absolute Gasteiger partial charge is 0.494 e. The van der Waals surface area contributed by atoms with Crippen LogP contribution < -0.4 is 5.32 Å². The third-order valence-electron chi connectivity index (χ3n) is 4.57. The van der Waals surface area contributed by atoms with Crippen molar-refractivity contribution in [2.24, 2.45) is 5.92 Å². The summed E-state index contributed by atoms with van der Waals surface area (Å²) in [6.07, 6.45) is 10.3. The van der Waals surface area contributed by atoms with Crippen molar-refractivity contribution < 1.29 is 19.1 Å². The van der Waals surface area contributed by atoms with Crippen LogP contribution in [0.1, 0.15) is 47.5 Å². The van der Waals surface area contributed by atoms with Gasteiger partial charge in [0.05, 0.1) is 24.5 Å². The smallest absolute Gasteiger partial charge is 0.257 e. The van der Waals surface area contributed by atoms with E-state index in [9.17, 15) is 9.59 Å². The molecule has 0 aliphatic carbocycles. The molecule has 1 amide bonds. The van der Waals surface area contributed by atoms with Gasteiger partial charge in [0, 0.05) is 19.6 Å². The standard InChI is InChI=1S/C26H40N2O4/c1-8-23(31-16-10-14-27-19-32-26(5,6)7)17-22-13-15-28(18-22)25(30)21(4)24(29)12-9-11-20(2)3/h8-9,12-13,17,20,27H,1,4,10-11,14-16,18-19H2,2-3,5-7H3. The molecular formula is C26H40N2O4. The minimum Gasteiger partial charge on any atom is -0.494 e. The second-order valence-corrected chi connectivity index (χ2v) is 9.19. The average molecular weight is 445 g/mol. The molecule has 6 nitrogen and oxygen atoms in total. The molecule has 1 aliphatic heterocycles. The van der Waals surface area contributed by atoms with E-state index in [2.05, 4.69) is 32.3 Å². The Kier molecular flexibility index (Phi) is 12.0. The number of nitrogens with zero attached hydrogens (tertiary/aromatic N) is 1. The van der Waals surface area contributed by atoms with E-state index in [4.69, 9.17) is 9.47 Å². The lowest BCUT2D eigenvalue weighted by molar-refractivity contribution is -0.127. The normalized spacial score (nSPS) is 14.8. The van der Waals surface area contributed by atoms with Gasteiger partial charge in [-0.25, -0.2) is 0 Å². The molecule has 0 fully saturated rings. The van der Waals surface area contributed by atoms with Crippen LogP contribution in [0.3, 0.4) is 0 Å². The van der Waals surface area contributed by atoms with Crippen LogP contribution in [0, 0.1) is 5.92 Å². The number of allylic oxidation sites excluding steroid dienone is 3. The van der Waals surface area contributed by atoms with Gasteiger partial charge in [-0.15, -0.1) is 0 Å². The minimum absolute atomic E-state index is 0.00762. The second-order valence-electron chi connectivity index (χ2n) is 9.19. The molecule has 6 heteroatoms. The van der Waals surface area contributed by atoms with E-state index in [0.29, 0.717) is 38.1 Å². The zero-order chi connectivity index (χ0) is 24.1. The third-order valence-corrected chi connectivity index (χ3v) is 4.57. The molecular weight excluding hydrogens is 404 g/mol. The Morgan fingerprint density at radius 2 is 2.03 bits per heavy atom. The van der Waals surface area contributed by atoms with E-state index in [1.54, 1.807) is 17.1 Å². The molecule has 0 aromatic heterocycles. The highest BCUT2D eigenvalue weighted by atomic mass is 16.5. The minimum atomic E-state index is -0.339. The summed E-state index contributed by atoms with van der Waals surface area (Å²) in [5, 5.41) is 3.22. The zero-order valence-electron chi connectivity index (χ0n) is 20.4. The van der Waals surface area contributed by atoms with Crippen molar-refractivity contribution in [3.63, 3.8) is 0 Å². The number of ketones is 1. The van der Waals surface area contributed by atoms with Crippen LogP contribution in [0.15, 0.2) is 60.4 Å². The summed E-state index contributed by atoms with van der Waals surface area (Å²) in [5.74, 6) is 0.438. The van der Waals surface area contributed by atoms with Gasteiger partial charge in [0.1, 0.15) is 5.76 Å². The van der Waals surface area contributed by atoms with Crippen molar-refractivity contribution in [3.8, 4) is 0 Å². The molecule has 1 aliphatic rings. The Morgan fingerprint density at radius 1 is 1.31 bits per heavy atom. The highest BCUT2D eigenvalue weighted by Gasteiger charge is 2.23. The van der Waals surface area contributed by atoms with Crippen molar-refractivity contribution in [2.75, 3.05) is 33.0 Å². The molecule has 0 bridgehead atoms. The van der Waals surface area contributed by atoms with E-state index in [1.807, 2.05) is 32.9 Å². The van der Waals surface area contributed by atoms with Crippen LogP contribution >= 0.6 is 0 Å². The molecule has 0 aromatic carbocycles. The fourth-order valence-corrected chi connectivity index (χ4v) is 2.75. The second kappa shape index (κ2) is 13.9. The first-order valence-corrected chi connectivity index (χ1v) is 11.2. The first-order valence-electron chi connectivity index (χ1n) is 11.2. The van der Waals surface area contributed by atoms with E-state index >= 15 is 0 Å². The highest BCUT2D eigenvalue weighted by Crippen LogP contribution is 2.16. The number of carbonyl (C=O) groups excluding carboxylic acids is 2. The summed E-state index contributed by atoms with van der Waals surface area (Å²) in [6, 6.07) is 0. The van der Waals surface area contributed by atoms with Gasteiger partial charge in [0.25, 0.3) is 5.91 Å². The number of amides is 1. The SMILES string of the molecule is C=CC(=CC1=CCN(C(=O)C(=C)C(=O)C=CCC(C)C)C1)OCCCNCOC(C)(C)C. The van der Waals surface area contributed by atoms with E-state index < -0.39 is 0 Å². The number of hydrogen-bond donors (Lipinski definition) is 1. The topological polar surface area (TPSA) is 67.9 Å². The summed E-state index contributed by atoms with van der Waals surface area (Å²) in [7, 11) is 0. The Labute approximate surface area is 193 Å². The van der Waals surface area contributed by atoms with Gasteiger partial charge in [-0.1, -0.05) is 39.2 Å². The number of rotatable bonds is 14. The summed E-state index contributed by atoms with van der Waals surface area (Å²) >= 11 is 0. The number of hydrogen-bond acceptors (Lipinski definition) is 5. The maximum Gasteiger partial charge on any atom is 0.257 e. The Balaban J connectivity index is 2.42. The first kappa shape index (κ1) is 27.6. The molecule has 32 heavy (non-hydrogen) atoms. The molecule has 0 aromatic rings. The van der Waals surface area contributed by atoms with Crippen molar-refractivity contribution in [3.05, 3.63) is 60.4 Å². The van der Waals surface area contributed by atoms with Crippen LogP contribution in [0.25, 0.3) is 0 Å². The molecule has 0 radical (unpaired) electrons. The average Bonchev–Trinajstić information content (AvgIpc) is 3.18. The Bertz CT molecular complexity index is 754. The molecule has 1 N–H and O–H groups in total. The molecule has 0 unspecified atom stereocenters. The van der Waals surface area contributed by atoms with Crippen molar-refractivity contribution >= 4 is 11.7 Å². The van der Waals surface area contributed by atoms with Crippen LogP contribution in [0.2, 0.25) is 0 Å². The number of carbonyl (C=O) groups is 2. The van der Waals surface area contributed by atoms with Crippen molar-refractivity contribution in [1.29, 1.82) is 0 Å². The fourth-order valence-electron chi connectivity index (χ4n) is 2.75. The Hall–Kier alpha value is -2.44. The molecule has 1 rings (SSSR count). The van der Waals surface area contributed by atoms with Gasteiger partial charge in [0.2, 0.25) is 0 Å². The fraction of sp³-hybridized carbons (Fsp3) is 0.538. The van der Waals surface area contributed by atoms with Gasteiger partial charge in [-0.05, 0) is 63.3 Å². The van der Waals surface area contributed by atoms with Gasteiger partial charge < -0.3 is 14.4 Å². The lowest BCUT2D eigenvalue weighted by Gasteiger charge is -2.19. The van der Waals surface area contributed by atoms with Crippen LogP contribution in [-0.2, 0) is 19.1 Å². The molecule has 0 saturated carbocycles.